The highest BCUT2D eigenvalue weighted by molar-refractivity contribution is 6.09. The third kappa shape index (κ3) is 2.59. The quantitative estimate of drug-likeness (QED) is 0.589. The van der Waals surface area contributed by atoms with Crippen LogP contribution in [0, 0.1) is 0 Å². The fraction of sp³-hybridized carbons (Fsp3) is 0.188. The molecule has 0 atom stereocenters. The Morgan fingerprint density at radius 3 is 2.00 bits per heavy atom. The lowest BCUT2D eigenvalue weighted by atomic mass is 10.1. The van der Waals surface area contributed by atoms with E-state index in [2.05, 4.69) is 53.2 Å². The summed E-state index contributed by atoms with van der Waals surface area (Å²) >= 11 is 0. The molecule has 2 aromatic carbocycles. The van der Waals surface area contributed by atoms with E-state index in [1.165, 1.54) is 5.69 Å². The van der Waals surface area contributed by atoms with Crippen molar-refractivity contribution in [2.75, 3.05) is 18.5 Å². The lowest BCUT2D eigenvalue weighted by molar-refractivity contribution is 1.05. The summed E-state index contributed by atoms with van der Waals surface area (Å²) in [4.78, 5) is 6.67. The Bertz CT molecular complexity index is 503. The van der Waals surface area contributed by atoms with E-state index in [1.807, 2.05) is 31.3 Å². The SMILES string of the molecule is CCN(/C(=N\C)c1ccccc1)c1ccccc1. The van der Waals surface area contributed by atoms with E-state index < -0.39 is 0 Å². The summed E-state index contributed by atoms with van der Waals surface area (Å²) in [6, 6.07) is 20.6. The Balaban J connectivity index is 2.38. The molecule has 0 heterocycles. The predicted octanol–water partition coefficient (Wildman–Crippen LogP) is 3.59. The standard InChI is InChI=1S/C16H18N2/c1-3-18(15-12-8-5-9-13-15)16(17-2)14-10-6-4-7-11-14/h4-13H,3H2,1-2H3/b17-16-. The summed E-state index contributed by atoms with van der Waals surface area (Å²) < 4.78 is 0. The highest BCUT2D eigenvalue weighted by Crippen LogP contribution is 2.17. The van der Waals surface area contributed by atoms with E-state index in [9.17, 15) is 0 Å². The van der Waals surface area contributed by atoms with E-state index >= 15 is 0 Å². The number of para-hydroxylation sites is 1. The van der Waals surface area contributed by atoms with Crippen LogP contribution in [-0.4, -0.2) is 19.4 Å². The molecule has 0 radical (unpaired) electrons. The summed E-state index contributed by atoms with van der Waals surface area (Å²) in [5, 5.41) is 0. The first-order chi connectivity index (χ1) is 8.86. The van der Waals surface area contributed by atoms with Gasteiger partial charge in [-0.1, -0.05) is 48.5 Å². The molecule has 0 spiro atoms. The van der Waals surface area contributed by atoms with Gasteiger partial charge >= 0.3 is 0 Å². The normalized spacial score (nSPS) is 11.3. The van der Waals surface area contributed by atoms with Gasteiger partial charge in [0, 0.05) is 24.8 Å². The fourth-order valence-corrected chi connectivity index (χ4v) is 2.06. The van der Waals surface area contributed by atoms with Crippen molar-refractivity contribution in [3.63, 3.8) is 0 Å². The molecule has 0 fully saturated rings. The Morgan fingerprint density at radius 1 is 0.944 bits per heavy atom. The van der Waals surface area contributed by atoms with Crippen LogP contribution in [0.4, 0.5) is 5.69 Å². The molecule has 0 aliphatic heterocycles. The first kappa shape index (κ1) is 12.4. The number of hydrogen-bond donors (Lipinski definition) is 0. The van der Waals surface area contributed by atoms with Gasteiger partial charge in [0.15, 0.2) is 0 Å². The molecule has 0 N–H and O–H groups in total. The van der Waals surface area contributed by atoms with Crippen molar-refractivity contribution in [3.8, 4) is 0 Å². The maximum absolute atomic E-state index is 4.45. The minimum Gasteiger partial charge on any atom is -0.326 e. The van der Waals surface area contributed by atoms with Gasteiger partial charge in [0.1, 0.15) is 5.84 Å². The van der Waals surface area contributed by atoms with E-state index in [4.69, 9.17) is 0 Å². The second kappa shape index (κ2) is 6.01. The van der Waals surface area contributed by atoms with Crippen molar-refractivity contribution in [3.05, 3.63) is 66.2 Å². The molecule has 2 heteroatoms. The van der Waals surface area contributed by atoms with Crippen LogP contribution >= 0.6 is 0 Å². The smallest absolute Gasteiger partial charge is 0.135 e. The molecule has 92 valence electrons. The van der Waals surface area contributed by atoms with Crippen LogP contribution in [0.2, 0.25) is 0 Å². The highest BCUT2D eigenvalue weighted by Gasteiger charge is 2.12. The van der Waals surface area contributed by atoms with Gasteiger partial charge < -0.3 is 4.90 Å². The molecule has 0 aliphatic rings. The summed E-state index contributed by atoms with van der Waals surface area (Å²) in [5.74, 6) is 1.00. The zero-order valence-corrected chi connectivity index (χ0v) is 10.9. The first-order valence-electron chi connectivity index (χ1n) is 6.21. The monoisotopic (exact) mass is 238 g/mol. The molecule has 18 heavy (non-hydrogen) atoms. The van der Waals surface area contributed by atoms with Gasteiger partial charge in [0.05, 0.1) is 0 Å². The molecular formula is C16H18N2. The van der Waals surface area contributed by atoms with E-state index in [0.29, 0.717) is 0 Å². The second-order valence-corrected chi connectivity index (χ2v) is 3.99. The number of hydrogen-bond acceptors (Lipinski definition) is 1. The Hall–Kier alpha value is -2.09. The largest absolute Gasteiger partial charge is 0.326 e. The van der Waals surface area contributed by atoms with Gasteiger partial charge in [-0.2, -0.15) is 0 Å². The van der Waals surface area contributed by atoms with Crippen molar-refractivity contribution in [2.45, 2.75) is 6.92 Å². The number of nitrogens with zero attached hydrogens (tertiary/aromatic N) is 2. The number of anilines is 1. The zero-order chi connectivity index (χ0) is 12.8. The maximum Gasteiger partial charge on any atom is 0.135 e. The van der Waals surface area contributed by atoms with Gasteiger partial charge in [-0.25, -0.2) is 0 Å². The van der Waals surface area contributed by atoms with Crippen molar-refractivity contribution < 1.29 is 0 Å². The van der Waals surface area contributed by atoms with Crippen molar-refractivity contribution in [1.29, 1.82) is 0 Å². The van der Waals surface area contributed by atoms with Gasteiger partial charge in [-0.05, 0) is 19.1 Å². The molecule has 0 bridgehead atoms. The lowest BCUT2D eigenvalue weighted by Crippen LogP contribution is -2.31. The summed E-state index contributed by atoms with van der Waals surface area (Å²) in [6.45, 7) is 3.03. The topological polar surface area (TPSA) is 15.6 Å². The molecule has 0 aromatic heterocycles. The van der Waals surface area contributed by atoms with E-state index in [-0.39, 0.29) is 0 Å². The summed E-state index contributed by atoms with van der Waals surface area (Å²) in [5.41, 5.74) is 2.31. The average Bonchev–Trinajstić information content (AvgIpc) is 2.46. The van der Waals surface area contributed by atoms with Gasteiger partial charge in [0.25, 0.3) is 0 Å². The van der Waals surface area contributed by atoms with Crippen LogP contribution in [0.5, 0.6) is 0 Å². The van der Waals surface area contributed by atoms with Crippen LogP contribution in [0.15, 0.2) is 65.7 Å². The van der Waals surface area contributed by atoms with Crippen LogP contribution in [0.3, 0.4) is 0 Å². The average molecular weight is 238 g/mol. The number of rotatable bonds is 3. The minimum atomic E-state index is 0.894. The molecule has 2 nitrogen and oxygen atoms in total. The fourth-order valence-electron chi connectivity index (χ4n) is 2.06. The second-order valence-electron chi connectivity index (χ2n) is 3.99. The lowest BCUT2D eigenvalue weighted by Gasteiger charge is -2.24. The highest BCUT2D eigenvalue weighted by atomic mass is 15.2. The number of amidine groups is 1. The molecular weight excluding hydrogens is 220 g/mol. The number of aliphatic imine (C=N–C) groups is 1. The van der Waals surface area contributed by atoms with Crippen LogP contribution in [0.25, 0.3) is 0 Å². The summed E-state index contributed by atoms with van der Waals surface area (Å²) in [7, 11) is 1.84. The van der Waals surface area contributed by atoms with Gasteiger partial charge in [-0.15, -0.1) is 0 Å². The third-order valence-electron chi connectivity index (χ3n) is 2.88. The molecule has 0 saturated carbocycles. The third-order valence-corrected chi connectivity index (χ3v) is 2.88. The minimum absolute atomic E-state index is 0.894. The van der Waals surface area contributed by atoms with Crippen molar-refractivity contribution >= 4 is 11.5 Å². The Kier molecular flexibility index (Phi) is 4.13. The number of benzene rings is 2. The Labute approximate surface area is 109 Å². The molecule has 2 aromatic rings. The predicted molar refractivity (Wildman–Crippen MR) is 78.4 cm³/mol. The molecule has 0 amide bonds. The molecule has 0 unspecified atom stereocenters. The van der Waals surface area contributed by atoms with Crippen molar-refractivity contribution in [1.82, 2.24) is 0 Å². The summed E-state index contributed by atoms with van der Waals surface area (Å²) in [6.07, 6.45) is 0. The molecule has 2 rings (SSSR count). The van der Waals surface area contributed by atoms with Crippen LogP contribution in [0.1, 0.15) is 12.5 Å². The molecule has 0 saturated heterocycles. The Morgan fingerprint density at radius 2 is 1.50 bits per heavy atom. The van der Waals surface area contributed by atoms with E-state index in [1.54, 1.807) is 0 Å². The maximum atomic E-state index is 4.45. The van der Waals surface area contributed by atoms with Gasteiger partial charge in [-0.3, -0.25) is 4.99 Å². The van der Waals surface area contributed by atoms with Crippen molar-refractivity contribution in [2.24, 2.45) is 4.99 Å². The van der Waals surface area contributed by atoms with E-state index in [0.717, 1.165) is 17.9 Å². The molecule has 0 aliphatic carbocycles. The van der Waals surface area contributed by atoms with Gasteiger partial charge in [0.2, 0.25) is 0 Å². The van der Waals surface area contributed by atoms with Crippen LogP contribution in [-0.2, 0) is 0 Å². The first-order valence-corrected chi connectivity index (χ1v) is 6.21. The zero-order valence-electron chi connectivity index (χ0n) is 10.9. The van der Waals surface area contributed by atoms with Crippen LogP contribution < -0.4 is 4.90 Å².